The van der Waals surface area contributed by atoms with Crippen LogP contribution in [0, 0.1) is 5.82 Å². The van der Waals surface area contributed by atoms with E-state index in [1.165, 1.54) is 12.1 Å². The lowest BCUT2D eigenvalue weighted by Crippen LogP contribution is -2.47. The van der Waals surface area contributed by atoms with E-state index in [0.717, 1.165) is 5.69 Å². The summed E-state index contributed by atoms with van der Waals surface area (Å²) in [7, 11) is 0. The Balaban J connectivity index is 1.77. The van der Waals surface area contributed by atoms with Crippen LogP contribution in [-0.2, 0) is 16.0 Å². The van der Waals surface area contributed by atoms with Crippen LogP contribution in [0.25, 0.3) is 0 Å². The minimum absolute atomic E-state index is 0.0643. The third kappa shape index (κ3) is 4.09. The molecule has 0 bridgehead atoms. The maximum absolute atomic E-state index is 13.8. The second-order valence-corrected chi connectivity index (χ2v) is 6.12. The monoisotopic (exact) mass is 361 g/mol. The molecule has 25 heavy (non-hydrogen) atoms. The molecule has 2 aromatic carbocycles. The van der Waals surface area contributed by atoms with Crippen LogP contribution in [-0.4, -0.2) is 31.4 Å². The lowest BCUT2D eigenvalue weighted by Gasteiger charge is -2.30. The van der Waals surface area contributed by atoms with E-state index < -0.39 is 5.82 Å². The SMILES string of the molecule is O=C1CN(c2ccccc2NC(=O)Cc2c(F)cccc2Cl)CCN1. The highest BCUT2D eigenvalue weighted by molar-refractivity contribution is 6.31. The Morgan fingerprint density at radius 2 is 2.04 bits per heavy atom. The van der Waals surface area contributed by atoms with E-state index in [-0.39, 0.29) is 35.4 Å². The Hall–Kier alpha value is -2.60. The zero-order valence-electron chi connectivity index (χ0n) is 13.4. The van der Waals surface area contributed by atoms with Gasteiger partial charge < -0.3 is 15.5 Å². The van der Waals surface area contributed by atoms with Crippen LogP contribution >= 0.6 is 11.6 Å². The van der Waals surface area contributed by atoms with Gasteiger partial charge in [0.1, 0.15) is 5.82 Å². The first-order valence-corrected chi connectivity index (χ1v) is 8.26. The van der Waals surface area contributed by atoms with Crippen LogP contribution in [0.5, 0.6) is 0 Å². The minimum atomic E-state index is -0.511. The topological polar surface area (TPSA) is 61.4 Å². The van der Waals surface area contributed by atoms with E-state index in [0.29, 0.717) is 18.8 Å². The van der Waals surface area contributed by atoms with Gasteiger partial charge in [-0.2, -0.15) is 0 Å². The highest BCUT2D eigenvalue weighted by Crippen LogP contribution is 2.27. The molecule has 2 aromatic rings. The number of para-hydroxylation sites is 2. The van der Waals surface area contributed by atoms with Crippen LogP contribution in [0.2, 0.25) is 5.02 Å². The molecule has 1 aliphatic heterocycles. The fourth-order valence-electron chi connectivity index (χ4n) is 2.76. The fourth-order valence-corrected chi connectivity index (χ4v) is 2.99. The Morgan fingerprint density at radius 3 is 2.80 bits per heavy atom. The molecule has 0 aromatic heterocycles. The van der Waals surface area contributed by atoms with E-state index in [4.69, 9.17) is 11.6 Å². The third-order valence-electron chi connectivity index (χ3n) is 3.96. The van der Waals surface area contributed by atoms with Crippen molar-refractivity contribution < 1.29 is 14.0 Å². The second kappa shape index (κ2) is 7.53. The van der Waals surface area contributed by atoms with Crippen molar-refractivity contribution >= 4 is 34.8 Å². The summed E-state index contributed by atoms with van der Waals surface area (Å²) in [5, 5.41) is 5.77. The zero-order valence-corrected chi connectivity index (χ0v) is 14.1. The number of rotatable bonds is 4. The molecule has 2 N–H and O–H groups in total. The van der Waals surface area contributed by atoms with Gasteiger partial charge in [-0.05, 0) is 24.3 Å². The summed E-state index contributed by atoms with van der Waals surface area (Å²) in [6, 6.07) is 11.5. The molecular weight excluding hydrogens is 345 g/mol. The molecule has 1 fully saturated rings. The van der Waals surface area contributed by atoms with E-state index in [2.05, 4.69) is 10.6 Å². The van der Waals surface area contributed by atoms with Gasteiger partial charge in [0.2, 0.25) is 11.8 Å². The molecule has 0 atom stereocenters. The average Bonchev–Trinajstić information content (AvgIpc) is 2.59. The molecule has 5 nitrogen and oxygen atoms in total. The lowest BCUT2D eigenvalue weighted by molar-refractivity contribution is -0.120. The summed E-state index contributed by atoms with van der Waals surface area (Å²) < 4.78 is 13.8. The van der Waals surface area contributed by atoms with Gasteiger partial charge in [0.15, 0.2) is 0 Å². The zero-order chi connectivity index (χ0) is 17.8. The molecule has 0 unspecified atom stereocenters. The summed E-state index contributed by atoms with van der Waals surface area (Å²) in [4.78, 5) is 25.8. The smallest absolute Gasteiger partial charge is 0.239 e. The van der Waals surface area contributed by atoms with Crippen molar-refractivity contribution in [3.8, 4) is 0 Å². The minimum Gasteiger partial charge on any atom is -0.359 e. The van der Waals surface area contributed by atoms with E-state index in [1.54, 1.807) is 18.2 Å². The maximum Gasteiger partial charge on any atom is 0.239 e. The Bertz CT molecular complexity index is 792. The predicted octanol–water partition coefficient (Wildman–Crippen LogP) is 2.60. The van der Waals surface area contributed by atoms with Crippen LogP contribution in [0.15, 0.2) is 42.5 Å². The van der Waals surface area contributed by atoms with Crippen LogP contribution in [0.3, 0.4) is 0 Å². The van der Waals surface area contributed by atoms with Gasteiger partial charge in [-0.25, -0.2) is 4.39 Å². The number of hydrogen-bond acceptors (Lipinski definition) is 3. The summed E-state index contributed by atoms with van der Waals surface area (Å²) in [5.41, 5.74) is 1.50. The fraction of sp³-hybridized carbons (Fsp3) is 0.222. The second-order valence-electron chi connectivity index (χ2n) is 5.71. The molecule has 7 heteroatoms. The number of benzene rings is 2. The Kier molecular flexibility index (Phi) is 5.19. The molecular formula is C18H17ClFN3O2. The number of halogens is 2. The van der Waals surface area contributed by atoms with Gasteiger partial charge in [-0.15, -0.1) is 0 Å². The van der Waals surface area contributed by atoms with Gasteiger partial charge in [0.05, 0.1) is 24.3 Å². The predicted molar refractivity (Wildman–Crippen MR) is 95.4 cm³/mol. The normalized spacial score (nSPS) is 14.2. The summed E-state index contributed by atoms with van der Waals surface area (Å²) >= 11 is 5.97. The number of nitrogens with zero attached hydrogens (tertiary/aromatic N) is 1. The summed E-state index contributed by atoms with van der Waals surface area (Å²) in [6.45, 7) is 1.43. The van der Waals surface area contributed by atoms with Gasteiger partial charge in [0, 0.05) is 23.7 Å². The quantitative estimate of drug-likeness (QED) is 0.880. The molecule has 1 saturated heterocycles. The average molecular weight is 362 g/mol. The maximum atomic E-state index is 13.8. The largest absolute Gasteiger partial charge is 0.359 e. The van der Waals surface area contributed by atoms with Crippen molar-refractivity contribution in [1.82, 2.24) is 5.32 Å². The highest BCUT2D eigenvalue weighted by atomic mass is 35.5. The lowest BCUT2D eigenvalue weighted by atomic mass is 10.1. The van der Waals surface area contributed by atoms with E-state index in [1.807, 2.05) is 17.0 Å². The number of piperazine rings is 1. The standard InChI is InChI=1S/C18H17ClFN3O2/c19-13-4-3-5-14(20)12(13)10-17(24)22-15-6-1-2-7-16(15)23-9-8-21-18(25)11-23/h1-7H,8-11H2,(H,21,25)(H,22,24). The number of carbonyl (C=O) groups is 2. The number of nitrogens with one attached hydrogen (secondary N) is 2. The molecule has 130 valence electrons. The summed E-state index contributed by atoms with van der Waals surface area (Å²) in [6.07, 6.45) is -0.166. The third-order valence-corrected chi connectivity index (χ3v) is 4.31. The first-order valence-electron chi connectivity index (χ1n) is 7.88. The first kappa shape index (κ1) is 17.2. The van der Waals surface area contributed by atoms with Gasteiger partial charge in [0.25, 0.3) is 0 Å². The number of anilines is 2. The van der Waals surface area contributed by atoms with Crippen molar-refractivity contribution in [2.75, 3.05) is 29.9 Å². The van der Waals surface area contributed by atoms with Gasteiger partial charge in [-0.3, -0.25) is 9.59 Å². The van der Waals surface area contributed by atoms with Crippen molar-refractivity contribution in [1.29, 1.82) is 0 Å². The Morgan fingerprint density at radius 1 is 1.24 bits per heavy atom. The first-order chi connectivity index (χ1) is 12.0. The number of hydrogen-bond donors (Lipinski definition) is 2. The molecule has 0 radical (unpaired) electrons. The van der Waals surface area contributed by atoms with Gasteiger partial charge in [-0.1, -0.05) is 29.8 Å². The van der Waals surface area contributed by atoms with Crippen molar-refractivity contribution in [3.63, 3.8) is 0 Å². The molecule has 0 aliphatic carbocycles. The molecule has 0 saturated carbocycles. The van der Waals surface area contributed by atoms with Gasteiger partial charge >= 0.3 is 0 Å². The molecule has 0 spiro atoms. The molecule has 1 heterocycles. The van der Waals surface area contributed by atoms with Crippen molar-refractivity contribution in [3.05, 3.63) is 58.9 Å². The molecule has 2 amide bonds. The van der Waals surface area contributed by atoms with Crippen LogP contribution in [0.1, 0.15) is 5.56 Å². The number of carbonyl (C=O) groups excluding carboxylic acids is 2. The van der Waals surface area contributed by atoms with E-state index >= 15 is 0 Å². The molecule has 3 rings (SSSR count). The Labute approximate surface area is 149 Å². The number of amides is 2. The highest BCUT2D eigenvalue weighted by Gasteiger charge is 2.20. The molecule has 1 aliphatic rings. The van der Waals surface area contributed by atoms with Crippen LogP contribution in [0.4, 0.5) is 15.8 Å². The van der Waals surface area contributed by atoms with Crippen molar-refractivity contribution in [2.45, 2.75) is 6.42 Å². The van der Waals surface area contributed by atoms with Crippen molar-refractivity contribution in [2.24, 2.45) is 0 Å². The van der Waals surface area contributed by atoms with E-state index in [9.17, 15) is 14.0 Å². The van der Waals surface area contributed by atoms with Crippen LogP contribution < -0.4 is 15.5 Å². The summed E-state index contributed by atoms with van der Waals surface area (Å²) in [5.74, 6) is -0.949.